The van der Waals surface area contributed by atoms with Gasteiger partial charge in [0.1, 0.15) is 5.75 Å². The zero-order chi connectivity index (χ0) is 20.1. The van der Waals surface area contributed by atoms with Gasteiger partial charge in [-0.05, 0) is 48.5 Å². The zero-order valence-electron chi connectivity index (χ0n) is 16.3. The summed E-state index contributed by atoms with van der Waals surface area (Å²) in [6.45, 7) is 4.60. The fourth-order valence-corrected chi connectivity index (χ4v) is 4.28. The summed E-state index contributed by atoms with van der Waals surface area (Å²) in [7, 11) is 1.67. The Hall–Kier alpha value is -2.06. The molecule has 0 spiro atoms. The van der Waals surface area contributed by atoms with Crippen molar-refractivity contribution >= 4 is 23.4 Å². The van der Waals surface area contributed by atoms with E-state index in [1.807, 2.05) is 48.5 Å². The third kappa shape index (κ3) is 4.93. The molecule has 0 N–H and O–H groups in total. The van der Waals surface area contributed by atoms with Crippen LogP contribution in [0.5, 0.6) is 5.75 Å². The average molecular weight is 431 g/mol. The van der Waals surface area contributed by atoms with E-state index in [9.17, 15) is 0 Å². The van der Waals surface area contributed by atoms with Gasteiger partial charge >= 0.3 is 0 Å². The third-order valence-corrected chi connectivity index (χ3v) is 5.97. The summed E-state index contributed by atoms with van der Waals surface area (Å²) in [4.78, 5) is 2.42. The fraction of sp³-hybridized carbons (Fsp3) is 0.333. The van der Waals surface area contributed by atoms with Gasteiger partial charge < -0.3 is 9.47 Å². The van der Waals surface area contributed by atoms with Crippen LogP contribution in [0.15, 0.2) is 53.7 Å². The van der Waals surface area contributed by atoms with E-state index in [1.165, 1.54) is 0 Å². The summed E-state index contributed by atoms with van der Waals surface area (Å²) in [5.74, 6) is 2.55. The maximum atomic E-state index is 6.06. The monoisotopic (exact) mass is 430 g/mol. The van der Waals surface area contributed by atoms with Gasteiger partial charge in [0.15, 0.2) is 11.0 Å². The highest BCUT2D eigenvalue weighted by Gasteiger charge is 2.17. The standard InChI is InChI=1S/C21H23ClN4O2S/c1-27-19-8-6-18(7-9-19)26-20(16-2-4-17(22)5-3-16)23-24-21(26)29-15-12-25-10-13-28-14-11-25/h2-9H,10-15H2,1H3. The van der Waals surface area contributed by atoms with Gasteiger partial charge in [-0.2, -0.15) is 0 Å². The molecule has 1 saturated heterocycles. The second kappa shape index (κ2) is 9.63. The van der Waals surface area contributed by atoms with Crippen molar-refractivity contribution in [2.75, 3.05) is 45.7 Å². The van der Waals surface area contributed by atoms with Gasteiger partial charge in [-0.25, -0.2) is 0 Å². The van der Waals surface area contributed by atoms with Crippen LogP contribution in [0.25, 0.3) is 17.1 Å². The predicted octanol–water partition coefficient (Wildman–Crippen LogP) is 4.02. The molecule has 152 valence electrons. The molecule has 1 fully saturated rings. The molecule has 2 aromatic carbocycles. The molecule has 0 amide bonds. The van der Waals surface area contributed by atoms with E-state index in [0.717, 1.165) is 66.6 Å². The SMILES string of the molecule is COc1ccc(-n2c(SCCN3CCOCC3)nnc2-c2ccc(Cl)cc2)cc1. The first-order valence-corrected chi connectivity index (χ1v) is 10.9. The minimum Gasteiger partial charge on any atom is -0.497 e. The summed E-state index contributed by atoms with van der Waals surface area (Å²) in [6, 6.07) is 15.6. The number of thioether (sulfide) groups is 1. The minimum atomic E-state index is 0.698. The van der Waals surface area contributed by atoms with Crippen molar-refractivity contribution in [3.8, 4) is 22.8 Å². The van der Waals surface area contributed by atoms with Gasteiger partial charge in [0.25, 0.3) is 0 Å². The van der Waals surface area contributed by atoms with Crippen molar-refractivity contribution in [1.29, 1.82) is 0 Å². The van der Waals surface area contributed by atoms with Crippen LogP contribution in [-0.4, -0.2) is 65.4 Å². The van der Waals surface area contributed by atoms with Crippen LogP contribution >= 0.6 is 23.4 Å². The lowest BCUT2D eigenvalue weighted by atomic mass is 10.2. The fourth-order valence-electron chi connectivity index (χ4n) is 3.20. The van der Waals surface area contributed by atoms with Crippen molar-refractivity contribution in [2.24, 2.45) is 0 Å². The first-order chi connectivity index (χ1) is 14.2. The smallest absolute Gasteiger partial charge is 0.196 e. The molecule has 29 heavy (non-hydrogen) atoms. The number of ether oxygens (including phenoxy) is 2. The quantitative estimate of drug-likeness (QED) is 0.528. The Kier molecular flexibility index (Phi) is 6.71. The number of morpholine rings is 1. The van der Waals surface area contributed by atoms with E-state index >= 15 is 0 Å². The first-order valence-electron chi connectivity index (χ1n) is 9.53. The number of aromatic nitrogens is 3. The number of hydrogen-bond donors (Lipinski definition) is 0. The molecule has 3 aromatic rings. The number of methoxy groups -OCH3 is 1. The summed E-state index contributed by atoms with van der Waals surface area (Å²) in [5.41, 5.74) is 1.97. The van der Waals surface area contributed by atoms with Crippen LogP contribution in [-0.2, 0) is 4.74 Å². The Morgan fingerprint density at radius 3 is 2.45 bits per heavy atom. The number of nitrogens with zero attached hydrogens (tertiary/aromatic N) is 4. The lowest BCUT2D eigenvalue weighted by Crippen LogP contribution is -2.37. The highest BCUT2D eigenvalue weighted by molar-refractivity contribution is 7.99. The molecule has 0 aliphatic carbocycles. The van der Waals surface area contributed by atoms with Gasteiger partial charge in [0.2, 0.25) is 0 Å². The van der Waals surface area contributed by atoms with E-state index in [2.05, 4.69) is 19.7 Å². The van der Waals surface area contributed by atoms with E-state index in [-0.39, 0.29) is 0 Å². The molecule has 2 heterocycles. The largest absolute Gasteiger partial charge is 0.497 e. The number of hydrogen-bond acceptors (Lipinski definition) is 6. The van der Waals surface area contributed by atoms with Crippen molar-refractivity contribution in [1.82, 2.24) is 19.7 Å². The highest BCUT2D eigenvalue weighted by Crippen LogP contribution is 2.29. The Labute approximate surface area is 179 Å². The zero-order valence-corrected chi connectivity index (χ0v) is 17.8. The Morgan fingerprint density at radius 2 is 1.76 bits per heavy atom. The number of rotatable bonds is 7. The summed E-state index contributed by atoms with van der Waals surface area (Å²) in [6.07, 6.45) is 0. The molecule has 0 radical (unpaired) electrons. The minimum absolute atomic E-state index is 0.698. The van der Waals surface area contributed by atoms with Gasteiger partial charge in [-0.1, -0.05) is 23.4 Å². The van der Waals surface area contributed by atoms with Gasteiger partial charge in [0.05, 0.1) is 20.3 Å². The van der Waals surface area contributed by atoms with Gasteiger partial charge in [-0.15, -0.1) is 10.2 Å². The van der Waals surface area contributed by atoms with Crippen LogP contribution < -0.4 is 4.74 Å². The van der Waals surface area contributed by atoms with Crippen LogP contribution in [0.3, 0.4) is 0 Å². The Bertz CT molecular complexity index is 925. The highest BCUT2D eigenvalue weighted by atomic mass is 35.5. The molecule has 1 aromatic heterocycles. The van der Waals surface area contributed by atoms with Crippen LogP contribution in [0.4, 0.5) is 0 Å². The Morgan fingerprint density at radius 1 is 1.03 bits per heavy atom. The molecule has 0 atom stereocenters. The lowest BCUT2D eigenvalue weighted by Gasteiger charge is -2.26. The van der Waals surface area contributed by atoms with Gasteiger partial charge in [-0.3, -0.25) is 9.47 Å². The normalized spacial score (nSPS) is 14.8. The lowest BCUT2D eigenvalue weighted by molar-refractivity contribution is 0.0410. The van der Waals surface area contributed by atoms with Crippen LogP contribution in [0.2, 0.25) is 5.02 Å². The van der Waals surface area contributed by atoms with E-state index in [0.29, 0.717) is 5.02 Å². The third-order valence-electron chi connectivity index (χ3n) is 4.81. The molecule has 0 unspecified atom stereocenters. The average Bonchev–Trinajstić information content (AvgIpc) is 3.19. The van der Waals surface area contributed by atoms with Crippen molar-refractivity contribution in [3.63, 3.8) is 0 Å². The van der Waals surface area contributed by atoms with E-state index < -0.39 is 0 Å². The van der Waals surface area contributed by atoms with Crippen molar-refractivity contribution < 1.29 is 9.47 Å². The number of halogens is 1. The summed E-state index contributed by atoms with van der Waals surface area (Å²) in [5, 5.41) is 10.5. The summed E-state index contributed by atoms with van der Waals surface area (Å²) >= 11 is 7.78. The predicted molar refractivity (Wildman–Crippen MR) is 116 cm³/mol. The van der Waals surface area contributed by atoms with Crippen LogP contribution in [0.1, 0.15) is 0 Å². The molecule has 0 saturated carbocycles. The maximum Gasteiger partial charge on any atom is 0.196 e. The maximum absolute atomic E-state index is 6.06. The molecule has 1 aliphatic heterocycles. The first kappa shape index (κ1) is 20.2. The molecule has 4 rings (SSSR count). The molecular formula is C21H23ClN4O2S. The molecule has 8 heteroatoms. The molecule has 1 aliphatic rings. The summed E-state index contributed by atoms with van der Waals surface area (Å²) < 4.78 is 12.8. The second-order valence-corrected chi connectivity index (χ2v) is 8.15. The molecule has 0 bridgehead atoms. The molecular weight excluding hydrogens is 408 g/mol. The Balaban J connectivity index is 1.60. The van der Waals surface area contributed by atoms with E-state index in [1.54, 1.807) is 18.9 Å². The molecule has 6 nitrogen and oxygen atoms in total. The van der Waals surface area contributed by atoms with Crippen molar-refractivity contribution in [3.05, 3.63) is 53.6 Å². The topological polar surface area (TPSA) is 52.4 Å². The van der Waals surface area contributed by atoms with Gasteiger partial charge in [0, 0.05) is 41.7 Å². The van der Waals surface area contributed by atoms with Crippen LogP contribution in [0, 0.1) is 0 Å². The van der Waals surface area contributed by atoms with E-state index in [4.69, 9.17) is 21.1 Å². The van der Waals surface area contributed by atoms with Crippen molar-refractivity contribution in [2.45, 2.75) is 5.16 Å². The number of benzene rings is 2. The second-order valence-electron chi connectivity index (χ2n) is 6.65.